The van der Waals surface area contributed by atoms with E-state index in [0.717, 1.165) is 56.8 Å². The van der Waals surface area contributed by atoms with E-state index in [2.05, 4.69) is 32.8 Å². The lowest BCUT2D eigenvalue weighted by Gasteiger charge is -2.14. The number of amides is 1. The van der Waals surface area contributed by atoms with Gasteiger partial charge in [0.15, 0.2) is 5.69 Å². The van der Waals surface area contributed by atoms with Crippen LogP contribution in [-0.4, -0.2) is 54.2 Å². The summed E-state index contributed by atoms with van der Waals surface area (Å²) in [7, 11) is 2.12. The summed E-state index contributed by atoms with van der Waals surface area (Å²) in [5.74, 6) is 0.526. The molecule has 0 bridgehead atoms. The predicted octanol–water partition coefficient (Wildman–Crippen LogP) is -0.263. The molecule has 1 atom stereocenters. The molecule has 6 nitrogen and oxygen atoms in total. The minimum absolute atomic E-state index is 0.0456. The van der Waals surface area contributed by atoms with E-state index in [0.29, 0.717) is 11.6 Å². The second-order valence-electron chi connectivity index (χ2n) is 5.58. The third-order valence-electron chi connectivity index (χ3n) is 4.06. The van der Waals surface area contributed by atoms with Crippen LogP contribution in [0.25, 0.3) is 0 Å². The van der Waals surface area contributed by atoms with Gasteiger partial charge in [0.25, 0.3) is 5.91 Å². The van der Waals surface area contributed by atoms with Gasteiger partial charge in [-0.1, -0.05) is 0 Å². The predicted molar refractivity (Wildman–Crippen MR) is 71.9 cm³/mol. The van der Waals surface area contributed by atoms with Crippen molar-refractivity contribution in [2.24, 2.45) is 5.92 Å². The third-order valence-corrected chi connectivity index (χ3v) is 4.06. The molecular formula is C13H21N5O. The van der Waals surface area contributed by atoms with E-state index in [9.17, 15) is 4.79 Å². The van der Waals surface area contributed by atoms with Gasteiger partial charge in [0.1, 0.15) is 0 Å². The first-order valence-electron chi connectivity index (χ1n) is 6.97. The minimum Gasteiger partial charge on any atom is -0.350 e. The summed E-state index contributed by atoms with van der Waals surface area (Å²) in [6.07, 6.45) is 2.08. The summed E-state index contributed by atoms with van der Waals surface area (Å²) in [4.78, 5) is 14.5. The van der Waals surface area contributed by atoms with Crippen molar-refractivity contribution in [3.05, 3.63) is 17.0 Å². The number of H-pyrrole nitrogens is 1. The molecule has 3 rings (SSSR count). The standard InChI is InChI=1S/C13H21N5O/c1-18-5-3-9(8-18)6-15-13(19)12-10-7-14-4-2-11(10)16-17-12/h9,14H,2-8H2,1H3,(H,15,19)(H,16,17). The van der Waals surface area contributed by atoms with E-state index in [-0.39, 0.29) is 5.91 Å². The van der Waals surface area contributed by atoms with Gasteiger partial charge in [-0.15, -0.1) is 0 Å². The summed E-state index contributed by atoms with van der Waals surface area (Å²) >= 11 is 0. The molecule has 0 aromatic carbocycles. The highest BCUT2D eigenvalue weighted by Gasteiger charge is 2.23. The zero-order valence-corrected chi connectivity index (χ0v) is 11.3. The van der Waals surface area contributed by atoms with Crippen LogP contribution >= 0.6 is 0 Å². The van der Waals surface area contributed by atoms with Crippen molar-refractivity contribution in [2.75, 3.05) is 33.2 Å². The fraction of sp³-hybridized carbons (Fsp3) is 0.692. The fourth-order valence-electron chi connectivity index (χ4n) is 2.93. The normalized spacial score (nSPS) is 23.3. The third kappa shape index (κ3) is 2.64. The molecular weight excluding hydrogens is 242 g/mol. The van der Waals surface area contributed by atoms with Gasteiger partial charge in [0.2, 0.25) is 0 Å². The number of aromatic amines is 1. The number of nitrogens with zero attached hydrogens (tertiary/aromatic N) is 2. The smallest absolute Gasteiger partial charge is 0.272 e. The molecule has 3 N–H and O–H groups in total. The molecule has 1 fully saturated rings. The first-order valence-corrected chi connectivity index (χ1v) is 6.97. The average molecular weight is 263 g/mol. The second kappa shape index (κ2) is 5.30. The Morgan fingerprint density at radius 3 is 3.26 bits per heavy atom. The van der Waals surface area contributed by atoms with E-state index in [1.165, 1.54) is 0 Å². The van der Waals surface area contributed by atoms with Gasteiger partial charge >= 0.3 is 0 Å². The average Bonchev–Trinajstić information content (AvgIpc) is 3.02. The molecule has 0 radical (unpaired) electrons. The highest BCUT2D eigenvalue weighted by atomic mass is 16.1. The van der Waals surface area contributed by atoms with Crippen molar-refractivity contribution in [1.29, 1.82) is 0 Å². The maximum absolute atomic E-state index is 12.2. The topological polar surface area (TPSA) is 73.0 Å². The number of nitrogens with one attached hydrogen (secondary N) is 3. The highest BCUT2D eigenvalue weighted by Crippen LogP contribution is 2.16. The van der Waals surface area contributed by atoms with E-state index in [1.807, 2.05) is 0 Å². The summed E-state index contributed by atoms with van der Waals surface area (Å²) in [6, 6.07) is 0. The maximum Gasteiger partial charge on any atom is 0.272 e. The SMILES string of the molecule is CN1CCC(CNC(=O)c2n[nH]c3c2CNCC3)C1. The van der Waals surface area contributed by atoms with E-state index >= 15 is 0 Å². The summed E-state index contributed by atoms with van der Waals surface area (Å²) in [6.45, 7) is 4.63. The number of fused-ring (bicyclic) bond motifs is 1. The monoisotopic (exact) mass is 263 g/mol. The molecule has 0 aliphatic carbocycles. The number of aromatic nitrogens is 2. The summed E-state index contributed by atoms with van der Waals surface area (Å²) < 4.78 is 0. The number of likely N-dealkylation sites (tertiary alicyclic amines) is 1. The Morgan fingerprint density at radius 2 is 2.47 bits per heavy atom. The lowest BCUT2D eigenvalue weighted by atomic mass is 10.1. The van der Waals surface area contributed by atoms with Crippen LogP contribution in [0.1, 0.15) is 28.2 Å². The van der Waals surface area contributed by atoms with Crippen LogP contribution in [0.4, 0.5) is 0 Å². The van der Waals surface area contributed by atoms with Gasteiger partial charge in [-0.25, -0.2) is 0 Å². The molecule has 2 aliphatic rings. The molecule has 1 amide bonds. The minimum atomic E-state index is -0.0456. The number of carbonyl (C=O) groups is 1. The molecule has 0 saturated carbocycles. The van der Waals surface area contributed by atoms with Gasteiger partial charge < -0.3 is 15.5 Å². The van der Waals surface area contributed by atoms with Gasteiger partial charge in [0.05, 0.1) is 0 Å². The van der Waals surface area contributed by atoms with Gasteiger partial charge in [0, 0.05) is 43.9 Å². The number of rotatable bonds is 3. The summed E-state index contributed by atoms with van der Waals surface area (Å²) in [5, 5.41) is 13.5. The number of carbonyl (C=O) groups excluding carboxylic acids is 1. The Balaban J connectivity index is 1.59. The molecule has 3 heterocycles. The van der Waals surface area contributed by atoms with Crippen molar-refractivity contribution in [3.8, 4) is 0 Å². The highest BCUT2D eigenvalue weighted by molar-refractivity contribution is 5.94. The van der Waals surface area contributed by atoms with Crippen LogP contribution in [0.5, 0.6) is 0 Å². The van der Waals surface area contributed by atoms with Crippen molar-refractivity contribution in [3.63, 3.8) is 0 Å². The van der Waals surface area contributed by atoms with Crippen molar-refractivity contribution < 1.29 is 4.79 Å². The van der Waals surface area contributed by atoms with Crippen LogP contribution < -0.4 is 10.6 Å². The first-order chi connectivity index (χ1) is 9.24. The van der Waals surface area contributed by atoms with E-state index in [4.69, 9.17) is 0 Å². The molecule has 1 aromatic heterocycles. The maximum atomic E-state index is 12.2. The Bertz CT molecular complexity index is 470. The van der Waals surface area contributed by atoms with Crippen molar-refractivity contribution in [1.82, 2.24) is 25.7 Å². The van der Waals surface area contributed by atoms with Crippen LogP contribution in [0.3, 0.4) is 0 Å². The largest absolute Gasteiger partial charge is 0.350 e. The lowest BCUT2D eigenvalue weighted by molar-refractivity contribution is 0.0941. The first kappa shape index (κ1) is 12.6. The van der Waals surface area contributed by atoms with Crippen LogP contribution in [0, 0.1) is 5.92 Å². The molecule has 2 aliphatic heterocycles. The molecule has 0 spiro atoms. The number of hydrogen-bond donors (Lipinski definition) is 3. The van der Waals surface area contributed by atoms with E-state index < -0.39 is 0 Å². The zero-order valence-electron chi connectivity index (χ0n) is 11.3. The van der Waals surface area contributed by atoms with Gasteiger partial charge in [-0.05, 0) is 25.9 Å². The second-order valence-corrected chi connectivity index (χ2v) is 5.58. The fourth-order valence-corrected chi connectivity index (χ4v) is 2.93. The van der Waals surface area contributed by atoms with Crippen molar-refractivity contribution >= 4 is 5.91 Å². The molecule has 1 saturated heterocycles. The molecule has 1 aromatic rings. The number of hydrogen-bond acceptors (Lipinski definition) is 4. The molecule has 1 unspecified atom stereocenters. The van der Waals surface area contributed by atoms with Gasteiger partial charge in [-0.3, -0.25) is 9.89 Å². The van der Waals surface area contributed by atoms with Gasteiger partial charge in [-0.2, -0.15) is 5.10 Å². The molecule has 6 heteroatoms. The molecule has 104 valence electrons. The zero-order chi connectivity index (χ0) is 13.2. The lowest BCUT2D eigenvalue weighted by Crippen LogP contribution is -2.32. The van der Waals surface area contributed by atoms with Crippen LogP contribution in [-0.2, 0) is 13.0 Å². The Morgan fingerprint density at radius 1 is 1.58 bits per heavy atom. The Hall–Kier alpha value is -1.40. The summed E-state index contributed by atoms with van der Waals surface area (Å²) in [5.41, 5.74) is 2.70. The Kier molecular flexibility index (Phi) is 3.52. The van der Waals surface area contributed by atoms with E-state index in [1.54, 1.807) is 0 Å². The Labute approximate surface area is 112 Å². The quantitative estimate of drug-likeness (QED) is 0.702. The molecule has 19 heavy (non-hydrogen) atoms. The van der Waals surface area contributed by atoms with Crippen LogP contribution in [0.15, 0.2) is 0 Å². The van der Waals surface area contributed by atoms with Crippen molar-refractivity contribution in [2.45, 2.75) is 19.4 Å². The van der Waals surface area contributed by atoms with Crippen LogP contribution in [0.2, 0.25) is 0 Å².